The van der Waals surface area contributed by atoms with Crippen molar-refractivity contribution in [1.29, 1.82) is 0 Å². The molecular weight excluding hydrogens is 337 g/mol. The Kier molecular flexibility index (Phi) is 4.60. The molecule has 1 N–H and O–H groups in total. The standard InChI is InChI=1S/C18H24BNO4S/c1-17(2)18(3,4)24-19(23-17)14-10-12-15(13-11-14)20-25(21,22)16-8-6-5-7-9-16/h5-10,12,20H,11,13H2,1-4H3. The summed E-state index contributed by atoms with van der Waals surface area (Å²) in [4.78, 5) is 0.261. The van der Waals surface area contributed by atoms with E-state index in [0.717, 1.165) is 5.47 Å². The molecule has 0 bridgehead atoms. The third-order valence-electron chi connectivity index (χ3n) is 5.06. The van der Waals surface area contributed by atoms with Gasteiger partial charge in [0.25, 0.3) is 10.0 Å². The van der Waals surface area contributed by atoms with Crippen LogP contribution < -0.4 is 4.72 Å². The second kappa shape index (κ2) is 6.30. The molecule has 0 saturated carbocycles. The van der Waals surface area contributed by atoms with E-state index in [2.05, 4.69) is 4.72 Å². The van der Waals surface area contributed by atoms with E-state index in [0.29, 0.717) is 18.5 Å². The Morgan fingerprint density at radius 3 is 2.08 bits per heavy atom. The van der Waals surface area contributed by atoms with Crippen LogP contribution in [0.4, 0.5) is 0 Å². The summed E-state index contributed by atoms with van der Waals surface area (Å²) in [6.45, 7) is 8.08. The van der Waals surface area contributed by atoms with Crippen molar-refractivity contribution in [3.63, 3.8) is 0 Å². The normalized spacial score (nSPS) is 22.3. The van der Waals surface area contributed by atoms with Crippen LogP contribution in [0.25, 0.3) is 0 Å². The molecule has 2 aliphatic rings. The predicted octanol–water partition coefficient (Wildman–Crippen LogP) is 3.20. The first-order valence-electron chi connectivity index (χ1n) is 8.44. The molecule has 1 aromatic carbocycles. The molecule has 1 aromatic rings. The van der Waals surface area contributed by atoms with Crippen LogP contribution in [0.3, 0.4) is 0 Å². The third kappa shape index (κ3) is 3.68. The summed E-state index contributed by atoms with van der Waals surface area (Å²) in [7, 11) is -3.92. The van der Waals surface area contributed by atoms with Crippen molar-refractivity contribution >= 4 is 17.1 Å². The average molecular weight is 361 g/mol. The molecule has 7 heteroatoms. The summed E-state index contributed by atoms with van der Waals surface area (Å²) in [5, 5.41) is 0. The van der Waals surface area contributed by atoms with E-state index in [1.165, 1.54) is 0 Å². The summed E-state index contributed by atoms with van der Waals surface area (Å²) in [5.41, 5.74) is 0.944. The highest BCUT2D eigenvalue weighted by molar-refractivity contribution is 7.89. The van der Waals surface area contributed by atoms with Crippen molar-refractivity contribution in [3.05, 3.63) is 53.7 Å². The van der Waals surface area contributed by atoms with Gasteiger partial charge < -0.3 is 9.31 Å². The van der Waals surface area contributed by atoms with Crippen molar-refractivity contribution in [1.82, 2.24) is 4.72 Å². The van der Waals surface area contributed by atoms with Gasteiger partial charge in [-0.2, -0.15) is 0 Å². The van der Waals surface area contributed by atoms with Gasteiger partial charge >= 0.3 is 7.12 Å². The second-order valence-electron chi connectivity index (χ2n) is 7.44. The monoisotopic (exact) mass is 361 g/mol. The van der Waals surface area contributed by atoms with Gasteiger partial charge in [-0.05, 0) is 64.2 Å². The minimum atomic E-state index is -3.54. The van der Waals surface area contributed by atoms with Crippen LogP contribution in [0.15, 0.2) is 58.5 Å². The molecule has 3 rings (SSSR count). The average Bonchev–Trinajstić information content (AvgIpc) is 2.77. The Morgan fingerprint density at radius 2 is 1.56 bits per heavy atom. The first kappa shape index (κ1) is 18.2. The Hall–Kier alpha value is -1.57. The molecule has 1 saturated heterocycles. The minimum Gasteiger partial charge on any atom is -0.400 e. The maximum Gasteiger partial charge on any atom is 0.490 e. The molecule has 0 spiro atoms. The van der Waals surface area contributed by atoms with Crippen LogP contribution in [0.5, 0.6) is 0 Å². The van der Waals surface area contributed by atoms with Crippen LogP contribution >= 0.6 is 0 Å². The molecule has 25 heavy (non-hydrogen) atoms. The number of allylic oxidation sites excluding steroid dienone is 4. The van der Waals surface area contributed by atoms with Crippen molar-refractivity contribution in [3.8, 4) is 0 Å². The lowest BCUT2D eigenvalue weighted by atomic mass is 9.73. The molecule has 1 heterocycles. The summed E-state index contributed by atoms with van der Waals surface area (Å²) in [6.07, 6.45) is 4.99. The zero-order valence-electron chi connectivity index (χ0n) is 15.1. The van der Waals surface area contributed by atoms with Crippen LogP contribution in [0.2, 0.25) is 0 Å². The minimum absolute atomic E-state index is 0.261. The van der Waals surface area contributed by atoms with Gasteiger partial charge in [-0.15, -0.1) is 0 Å². The number of benzene rings is 1. The lowest BCUT2D eigenvalue weighted by Crippen LogP contribution is -2.41. The van der Waals surface area contributed by atoms with E-state index < -0.39 is 10.0 Å². The third-order valence-corrected chi connectivity index (χ3v) is 6.48. The number of nitrogens with one attached hydrogen (secondary N) is 1. The Morgan fingerprint density at radius 1 is 0.960 bits per heavy atom. The van der Waals surface area contributed by atoms with Crippen LogP contribution in [-0.4, -0.2) is 26.7 Å². The Bertz CT molecular complexity index is 797. The van der Waals surface area contributed by atoms with E-state index >= 15 is 0 Å². The highest BCUT2D eigenvalue weighted by Gasteiger charge is 2.52. The van der Waals surface area contributed by atoms with Crippen LogP contribution in [-0.2, 0) is 19.3 Å². The zero-order valence-corrected chi connectivity index (χ0v) is 15.9. The Balaban J connectivity index is 1.72. The maximum absolute atomic E-state index is 12.4. The summed E-state index contributed by atoms with van der Waals surface area (Å²) in [5.74, 6) is 0. The number of sulfonamides is 1. The van der Waals surface area contributed by atoms with E-state index in [-0.39, 0.29) is 23.2 Å². The Labute approximate surface area is 150 Å². The lowest BCUT2D eigenvalue weighted by molar-refractivity contribution is 0.00578. The predicted molar refractivity (Wildman–Crippen MR) is 98.2 cm³/mol. The van der Waals surface area contributed by atoms with Gasteiger partial charge in [0.15, 0.2) is 0 Å². The van der Waals surface area contributed by atoms with Crippen molar-refractivity contribution in [2.75, 3.05) is 0 Å². The van der Waals surface area contributed by atoms with Crippen LogP contribution in [0.1, 0.15) is 40.5 Å². The van der Waals surface area contributed by atoms with Gasteiger partial charge in [0.1, 0.15) is 0 Å². The molecular formula is C18H24BNO4S. The molecule has 0 unspecified atom stereocenters. The van der Waals surface area contributed by atoms with E-state index in [4.69, 9.17) is 9.31 Å². The van der Waals surface area contributed by atoms with E-state index in [1.807, 2.05) is 33.8 Å². The van der Waals surface area contributed by atoms with Crippen molar-refractivity contribution < 1.29 is 17.7 Å². The number of rotatable bonds is 4. The number of hydrogen-bond acceptors (Lipinski definition) is 4. The molecule has 1 aliphatic heterocycles. The second-order valence-corrected chi connectivity index (χ2v) is 9.12. The van der Waals surface area contributed by atoms with Gasteiger partial charge in [-0.3, -0.25) is 4.72 Å². The lowest BCUT2D eigenvalue weighted by Gasteiger charge is -2.32. The first-order valence-corrected chi connectivity index (χ1v) is 9.92. The smallest absolute Gasteiger partial charge is 0.400 e. The SMILES string of the molecule is CC1(C)OB(C2=CC=C(NS(=O)(=O)c3ccccc3)CC2)OC1(C)C. The molecule has 0 amide bonds. The van der Waals surface area contributed by atoms with Crippen molar-refractivity contribution in [2.24, 2.45) is 0 Å². The fraction of sp³-hybridized carbons (Fsp3) is 0.444. The molecule has 1 fully saturated rings. The molecule has 5 nitrogen and oxygen atoms in total. The van der Waals surface area contributed by atoms with Gasteiger partial charge in [0, 0.05) is 5.70 Å². The highest BCUT2D eigenvalue weighted by atomic mass is 32.2. The largest absolute Gasteiger partial charge is 0.490 e. The van der Waals surface area contributed by atoms with Gasteiger partial charge in [-0.1, -0.05) is 24.3 Å². The highest BCUT2D eigenvalue weighted by Crippen LogP contribution is 2.39. The fourth-order valence-corrected chi connectivity index (χ4v) is 3.91. The van der Waals surface area contributed by atoms with E-state index in [1.54, 1.807) is 36.4 Å². The molecule has 1 aliphatic carbocycles. The maximum atomic E-state index is 12.4. The van der Waals surface area contributed by atoms with Crippen molar-refractivity contribution in [2.45, 2.75) is 56.6 Å². The van der Waals surface area contributed by atoms with Gasteiger partial charge in [0.05, 0.1) is 16.1 Å². The number of hydrogen-bond donors (Lipinski definition) is 1. The molecule has 0 radical (unpaired) electrons. The zero-order chi connectivity index (χ0) is 18.3. The molecule has 0 atom stereocenters. The quantitative estimate of drug-likeness (QED) is 0.837. The van der Waals surface area contributed by atoms with Gasteiger partial charge in [0.2, 0.25) is 0 Å². The van der Waals surface area contributed by atoms with Crippen LogP contribution in [0, 0.1) is 0 Å². The van der Waals surface area contributed by atoms with Gasteiger partial charge in [-0.25, -0.2) is 8.42 Å². The van der Waals surface area contributed by atoms with E-state index in [9.17, 15) is 8.42 Å². The molecule has 134 valence electrons. The summed E-state index contributed by atoms with van der Waals surface area (Å²) < 4.78 is 39.5. The molecule has 0 aromatic heterocycles. The fourth-order valence-electron chi connectivity index (χ4n) is 2.76. The summed E-state index contributed by atoms with van der Waals surface area (Å²) in [6, 6.07) is 8.37. The topological polar surface area (TPSA) is 64.6 Å². The first-order chi connectivity index (χ1) is 11.6. The summed E-state index contributed by atoms with van der Waals surface area (Å²) >= 11 is 0.